The highest BCUT2D eigenvalue weighted by Crippen LogP contribution is 2.06. The molecule has 0 saturated carbocycles. The third-order valence-corrected chi connectivity index (χ3v) is 3.79. The molecule has 0 aliphatic rings. The lowest BCUT2D eigenvalue weighted by Gasteiger charge is -2.25. The Balaban J connectivity index is 1.89. The molecule has 0 radical (unpaired) electrons. The second-order valence-corrected chi connectivity index (χ2v) is 5.73. The van der Waals surface area contributed by atoms with Crippen LogP contribution >= 0.6 is 0 Å². The van der Waals surface area contributed by atoms with E-state index in [4.69, 9.17) is 5.73 Å². The molecule has 0 fully saturated rings. The first kappa shape index (κ1) is 17.2. The number of hydrogen-bond acceptors (Lipinski definition) is 3. The van der Waals surface area contributed by atoms with Crippen LogP contribution in [0.25, 0.3) is 0 Å². The Morgan fingerprint density at radius 1 is 0.870 bits per heavy atom. The van der Waals surface area contributed by atoms with Crippen LogP contribution in [-0.2, 0) is 17.9 Å². The molecule has 0 aliphatic heterocycles. The van der Waals surface area contributed by atoms with Crippen molar-refractivity contribution in [1.82, 2.24) is 9.80 Å². The second-order valence-electron chi connectivity index (χ2n) is 5.73. The number of carbonyl (C=O) groups is 1. The minimum atomic E-state index is -0.0121. The summed E-state index contributed by atoms with van der Waals surface area (Å²) in [7, 11) is 2.07. The van der Waals surface area contributed by atoms with Gasteiger partial charge in [0.1, 0.15) is 0 Å². The van der Waals surface area contributed by atoms with Gasteiger partial charge in [-0.1, -0.05) is 60.7 Å². The van der Waals surface area contributed by atoms with Crippen LogP contribution in [-0.4, -0.2) is 42.4 Å². The predicted molar refractivity (Wildman–Crippen MR) is 93.7 cm³/mol. The van der Waals surface area contributed by atoms with E-state index in [0.717, 1.165) is 18.7 Å². The summed E-state index contributed by atoms with van der Waals surface area (Å²) in [6.07, 6.45) is 0. The standard InChI is InChI=1S/C19H25N3O/c1-21(15-17-8-4-2-5-9-17)12-13-22(19(23)14-20)16-18-10-6-3-7-11-18/h2-11H,12-16,20H2,1H3. The molecule has 0 bridgehead atoms. The van der Waals surface area contributed by atoms with Gasteiger partial charge in [0.25, 0.3) is 0 Å². The highest BCUT2D eigenvalue weighted by molar-refractivity contribution is 5.78. The van der Waals surface area contributed by atoms with Gasteiger partial charge in [-0.15, -0.1) is 0 Å². The summed E-state index contributed by atoms with van der Waals surface area (Å²) in [5.41, 5.74) is 7.95. The Labute approximate surface area is 138 Å². The number of hydrogen-bond donors (Lipinski definition) is 1. The lowest BCUT2D eigenvalue weighted by Crippen LogP contribution is -2.40. The number of benzene rings is 2. The van der Waals surface area contributed by atoms with Gasteiger partial charge in [-0.05, 0) is 18.2 Å². The third kappa shape index (κ3) is 5.85. The Hall–Kier alpha value is -2.17. The van der Waals surface area contributed by atoms with Crippen molar-refractivity contribution in [3.8, 4) is 0 Å². The third-order valence-electron chi connectivity index (χ3n) is 3.79. The molecule has 0 heterocycles. The van der Waals surface area contributed by atoms with Crippen molar-refractivity contribution in [3.05, 3.63) is 71.8 Å². The zero-order valence-corrected chi connectivity index (χ0v) is 13.7. The van der Waals surface area contributed by atoms with Gasteiger partial charge in [0, 0.05) is 26.2 Å². The SMILES string of the molecule is CN(CCN(Cc1ccccc1)C(=O)CN)Cc1ccccc1. The van der Waals surface area contributed by atoms with E-state index >= 15 is 0 Å². The van der Waals surface area contributed by atoms with Crippen LogP contribution in [0, 0.1) is 0 Å². The molecule has 0 unspecified atom stereocenters. The van der Waals surface area contributed by atoms with E-state index in [1.807, 2.05) is 53.4 Å². The fourth-order valence-electron chi connectivity index (χ4n) is 2.49. The summed E-state index contributed by atoms with van der Waals surface area (Å²) >= 11 is 0. The smallest absolute Gasteiger partial charge is 0.236 e. The van der Waals surface area contributed by atoms with E-state index in [0.29, 0.717) is 13.1 Å². The Morgan fingerprint density at radius 2 is 1.39 bits per heavy atom. The molecule has 4 heteroatoms. The molecule has 4 nitrogen and oxygen atoms in total. The van der Waals surface area contributed by atoms with Gasteiger partial charge in [0.15, 0.2) is 0 Å². The Bertz CT molecular complexity index is 586. The van der Waals surface area contributed by atoms with Crippen LogP contribution in [0.4, 0.5) is 0 Å². The van der Waals surface area contributed by atoms with E-state index in [2.05, 4.69) is 24.1 Å². The summed E-state index contributed by atoms with van der Waals surface area (Å²) in [5.74, 6) is -0.0121. The second kappa shape index (κ2) is 9.08. The van der Waals surface area contributed by atoms with Gasteiger partial charge < -0.3 is 15.5 Å². The molecule has 122 valence electrons. The van der Waals surface area contributed by atoms with Crippen LogP contribution in [0.2, 0.25) is 0 Å². The van der Waals surface area contributed by atoms with Crippen LogP contribution in [0.1, 0.15) is 11.1 Å². The maximum absolute atomic E-state index is 12.1. The number of likely N-dealkylation sites (N-methyl/N-ethyl adjacent to an activating group) is 1. The molecule has 2 aromatic rings. The first-order valence-corrected chi connectivity index (χ1v) is 7.93. The molecule has 0 spiro atoms. The Morgan fingerprint density at radius 3 is 1.91 bits per heavy atom. The molecule has 0 aromatic heterocycles. The fraction of sp³-hybridized carbons (Fsp3) is 0.316. The van der Waals surface area contributed by atoms with Crippen LogP contribution in [0.3, 0.4) is 0 Å². The molecular weight excluding hydrogens is 286 g/mol. The van der Waals surface area contributed by atoms with Crippen molar-refractivity contribution in [2.75, 3.05) is 26.7 Å². The zero-order valence-electron chi connectivity index (χ0n) is 13.7. The van der Waals surface area contributed by atoms with Crippen molar-refractivity contribution in [1.29, 1.82) is 0 Å². The first-order valence-electron chi connectivity index (χ1n) is 7.93. The molecule has 2 rings (SSSR count). The van der Waals surface area contributed by atoms with Crippen LogP contribution in [0.15, 0.2) is 60.7 Å². The van der Waals surface area contributed by atoms with E-state index in [9.17, 15) is 4.79 Å². The number of nitrogens with zero attached hydrogens (tertiary/aromatic N) is 2. The molecule has 23 heavy (non-hydrogen) atoms. The lowest BCUT2D eigenvalue weighted by molar-refractivity contribution is -0.130. The molecule has 2 N–H and O–H groups in total. The van der Waals surface area contributed by atoms with E-state index in [-0.39, 0.29) is 12.5 Å². The molecule has 0 saturated heterocycles. The van der Waals surface area contributed by atoms with E-state index < -0.39 is 0 Å². The minimum absolute atomic E-state index is 0.0121. The minimum Gasteiger partial charge on any atom is -0.336 e. The van der Waals surface area contributed by atoms with Gasteiger partial charge in [0.05, 0.1) is 6.54 Å². The first-order chi connectivity index (χ1) is 11.2. The normalized spacial score (nSPS) is 10.7. The molecule has 1 amide bonds. The van der Waals surface area contributed by atoms with E-state index in [1.54, 1.807) is 0 Å². The average Bonchev–Trinajstić information content (AvgIpc) is 2.59. The highest BCUT2D eigenvalue weighted by Gasteiger charge is 2.13. The zero-order chi connectivity index (χ0) is 16.5. The largest absolute Gasteiger partial charge is 0.336 e. The van der Waals surface area contributed by atoms with E-state index in [1.165, 1.54) is 5.56 Å². The van der Waals surface area contributed by atoms with Crippen molar-refractivity contribution in [2.45, 2.75) is 13.1 Å². The summed E-state index contributed by atoms with van der Waals surface area (Å²) in [5, 5.41) is 0. The number of carbonyl (C=O) groups excluding carboxylic acids is 1. The molecule has 0 atom stereocenters. The summed E-state index contributed by atoms with van der Waals surface area (Å²) in [6, 6.07) is 20.4. The van der Waals surface area contributed by atoms with Crippen molar-refractivity contribution >= 4 is 5.91 Å². The van der Waals surface area contributed by atoms with Crippen molar-refractivity contribution in [3.63, 3.8) is 0 Å². The fourth-order valence-corrected chi connectivity index (χ4v) is 2.49. The molecule has 2 aromatic carbocycles. The number of nitrogens with two attached hydrogens (primary N) is 1. The number of rotatable bonds is 8. The van der Waals surface area contributed by atoms with Crippen LogP contribution in [0.5, 0.6) is 0 Å². The number of amides is 1. The molecular formula is C19H25N3O. The maximum atomic E-state index is 12.1. The van der Waals surface area contributed by atoms with Gasteiger partial charge in [0.2, 0.25) is 5.91 Å². The topological polar surface area (TPSA) is 49.6 Å². The molecule has 0 aliphatic carbocycles. The Kier molecular flexibility index (Phi) is 6.78. The average molecular weight is 311 g/mol. The monoisotopic (exact) mass is 311 g/mol. The highest BCUT2D eigenvalue weighted by atomic mass is 16.2. The summed E-state index contributed by atoms with van der Waals surface area (Å²) in [6.45, 7) is 3.02. The van der Waals surface area contributed by atoms with Gasteiger partial charge >= 0.3 is 0 Å². The lowest BCUT2D eigenvalue weighted by atomic mass is 10.2. The van der Waals surface area contributed by atoms with Gasteiger partial charge in [-0.2, -0.15) is 0 Å². The quantitative estimate of drug-likeness (QED) is 0.812. The predicted octanol–water partition coefficient (Wildman–Crippen LogP) is 2.11. The summed E-state index contributed by atoms with van der Waals surface area (Å²) < 4.78 is 0. The van der Waals surface area contributed by atoms with Gasteiger partial charge in [-0.3, -0.25) is 4.79 Å². The van der Waals surface area contributed by atoms with Gasteiger partial charge in [-0.25, -0.2) is 0 Å². The maximum Gasteiger partial charge on any atom is 0.236 e. The summed E-state index contributed by atoms with van der Waals surface area (Å²) in [4.78, 5) is 16.1. The van der Waals surface area contributed by atoms with Crippen molar-refractivity contribution in [2.24, 2.45) is 5.73 Å². The van der Waals surface area contributed by atoms with Crippen molar-refractivity contribution < 1.29 is 4.79 Å². The van der Waals surface area contributed by atoms with Crippen LogP contribution < -0.4 is 5.73 Å².